The third kappa shape index (κ3) is 6.86. The molecule has 1 saturated heterocycles. The minimum atomic E-state index is -3.17. The number of likely N-dealkylation sites (tertiary alicyclic amines) is 1. The quantitative estimate of drug-likeness (QED) is 0.625. The Hall–Kier alpha value is -1.76. The first-order chi connectivity index (χ1) is 14.5. The molecule has 1 amide bonds. The molecule has 3 rings (SSSR count). The van der Waals surface area contributed by atoms with E-state index < -0.39 is 15.4 Å². The number of benzene rings is 1. The van der Waals surface area contributed by atoms with Crippen molar-refractivity contribution in [1.82, 2.24) is 4.90 Å². The predicted octanol–water partition coefficient (Wildman–Crippen LogP) is 5.07. The van der Waals surface area contributed by atoms with Crippen LogP contribution < -0.4 is 4.74 Å². The molecule has 1 aromatic rings. The summed E-state index contributed by atoms with van der Waals surface area (Å²) in [6.07, 6.45) is 9.06. The molecule has 1 aromatic carbocycles. The second-order valence-electron chi connectivity index (χ2n) is 10.3. The zero-order valence-electron chi connectivity index (χ0n) is 19.4. The fraction of sp³-hybridized carbons (Fsp3) is 0.708. The van der Waals surface area contributed by atoms with E-state index in [4.69, 9.17) is 9.47 Å². The highest BCUT2D eigenvalue weighted by molar-refractivity contribution is 7.90. The van der Waals surface area contributed by atoms with E-state index in [0.29, 0.717) is 28.6 Å². The molecule has 1 saturated carbocycles. The summed E-state index contributed by atoms with van der Waals surface area (Å²) < 4.78 is 34.4. The molecule has 1 aliphatic carbocycles. The number of carbonyl (C=O) groups excluding carboxylic acids is 1. The van der Waals surface area contributed by atoms with Crippen LogP contribution in [0.15, 0.2) is 29.2 Å². The molecule has 1 aliphatic heterocycles. The normalized spacial score (nSPS) is 19.9. The van der Waals surface area contributed by atoms with Crippen molar-refractivity contribution in [2.24, 2.45) is 11.3 Å². The summed E-state index contributed by atoms with van der Waals surface area (Å²) in [4.78, 5) is 14.5. The number of hydrogen-bond acceptors (Lipinski definition) is 5. The summed E-state index contributed by atoms with van der Waals surface area (Å²) in [5.74, 6) is 1.39. The molecule has 0 atom stereocenters. The Morgan fingerprint density at radius 2 is 1.65 bits per heavy atom. The molecule has 1 spiro atoms. The molecule has 2 fully saturated rings. The minimum Gasteiger partial charge on any atom is -0.494 e. The molecule has 0 unspecified atom stereocenters. The topological polar surface area (TPSA) is 72.9 Å². The third-order valence-corrected chi connectivity index (χ3v) is 7.82. The highest BCUT2D eigenvalue weighted by Gasteiger charge is 2.39. The lowest BCUT2D eigenvalue weighted by atomic mass is 9.65. The van der Waals surface area contributed by atoms with Crippen molar-refractivity contribution in [3.8, 4) is 5.75 Å². The first-order valence-electron chi connectivity index (χ1n) is 11.4. The number of nitrogens with zero attached hydrogens (tertiary/aromatic N) is 1. The maximum Gasteiger partial charge on any atom is 0.410 e. The second kappa shape index (κ2) is 9.39. The Morgan fingerprint density at radius 3 is 2.16 bits per heavy atom. The average molecular weight is 452 g/mol. The molecular weight excluding hydrogens is 414 g/mol. The lowest BCUT2D eigenvalue weighted by molar-refractivity contribution is 0.000710. The van der Waals surface area contributed by atoms with Gasteiger partial charge in [0, 0.05) is 19.3 Å². The summed E-state index contributed by atoms with van der Waals surface area (Å²) in [6, 6.07) is 6.65. The fourth-order valence-electron chi connectivity index (χ4n) is 4.70. The number of piperidine rings is 1. The molecule has 174 valence electrons. The molecule has 0 aromatic heterocycles. The molecule has 0 radical (unpaired) electrons. The van der Waals surface area contributed by atoms with Crippen LogP contribution in [-0.4, -0.2) is 51.0 Å². The number of rotatable bonds is 5. The van der Waals surface area contributed by atoms with Gasteiger partial charge in [-0.15, -0.1) is 0 Å². The maximum absolute atomic E-state index is 12.3. The lowest BCUT2D eigenvalue weighted by Gasteiger charge is -2.46. The summed E-state index contributed by atoms with van der Waals surface area (Å²) in [7, 11) is -3.17. The first kappa shape index (κ1) is 23.9. The molecule has 7 heteroatoms. The molecule has 0 N–H and O–H groups in total. The van der Waals surface area contributed by atoms with Gasteiger partial charge < -0.3 is 14.4 Å². The van der Waals surface area contributed by atoms with Crippen molar-refractivity contribution in [3.05, 3.63) is 24.3 Å². The zero-order valence-corrected chi connectivity index (χ0v) is 20.2. The molecule has 1 heterocycles. The van der Waals surface area contributed by atoms with E-state index in [1.54, 1.807) is 24.3 Å². The van der Waals surface area contributed by atoms with Crippen LogP contribution in [0, 0.1) is 11.3 Å². The van der Waals surface area contributed by atoms with E-state index in [-0.39, 0.29) is 6.09 Å². The summed E-state index contributed by atoms with van der Waals surface area (Å²) >= 11 is 0. The van der Waals surface area contributed by atoms with E-state index >= 15 is 0 Å². The number of carbonyl (C=O) groups is 1. The van der Waals surface area contributed by atoms with Gasteiger partial charge in [0.05, 0.1) is 11.5 Å². The van der Waals surface area contributed by atoms with Gasteiger partial charge >= 0.3 is 6.09 Å². The van der Waals surface area contributed by atoms with E-state index in [0.717, 1.165) is 32.4 Å². The van der Waals surface area contributed by atoms with Crippen molar-refractivity contribution in [2.45, 2.75) is 76.2 Å². The molecular formula is C24H37NO5S. The number of amides is 1. The van der Waals surface area contributed by atoms with Crippen LogP contribution in [0.2, 0.25) is 0 Å². The highest BCUT2D eigenvalue weighted by atomic mass is 32.2. The van der Waals surface area contributed by atoms with E-state index in [2.05, 4.69) is 0 Å². The zero-order chi connectivity index (χ0) is 22.7. The summed E-state index contributed by atoms with van der Waals surface area (Å²) in [5.41, 5.74) is -0.0561. The third-order valence-electron chi connectivity index (χ3n) is 6.69. The number of hydrogen-bond donors (Lipinski definition) is 0. The van der Waals surface area contributed by atoms with Crippen LogP contribution in [0.1, 0.15) is 65.7 Å². The predicted molar refractivity (Wildman–Crippen MR) is 121 cm³/mol. The van der Waals surface area contributed by atoms with Crippen LogP contribution in [0.3, 0.4) is 0 Å². The standard InChI is InChI=1S/C24H37NO5S/c1-23(2,3)30-22(26)25-16-14-24(15-17-25)12-9-19(10-13-24)11-18-29-20-5-7-21(8-6-20)31(4,27)28/h5-8,19H,9-18H2,1-4H3. The first-order valence-corrected chi connectivity index (χ1v) is 13.3. The van der Waals surface area contributed by atoms with Gasteiger partial charge in [-0.05, 0) is 101 Å². The number of sulfone groups is 1. The smallest absolute Gasteiger partial charge is 0.410 e. The van der Waals surface area contributed by atoms with Crippen molar-refractivity contribution >= 4 is 15.9 Å². The van der Waals surface area contributed by atoms with E-state index in [1.165, 1.54) is 31.9 Å². The Labute approximate surface area is 187 Å². The largest absolute Gasteiger partial charge is 0.494 e. The van der Waals surface area contributed by atoms with Crippen molar-refractivity contribution < 1.29 is 22.7 Å². The minimum absolute atomic E-state index is 0.183. The van der Waals surface area contributed by atoms with Gasteiger partial charge in [-0.1, -0.05) is 0 Å². The van der Waals surface area contributed by atoms with Crippen molar-refractivity contribution in [2.75, 3.05) is 26.0 Å². The van der Waals surface area contributed by atoms with Crippen molar-refractivity contribution in [1.29, 1.82) is 0 Å². The SMILES string of the molecule is CC(C)(C)OC(=O)N1CCC2(CCC(CCOc3ccc(S(C)(=O)=O)cc3)CC2)CC1. The van der Waals surface area contributed by atoms with Crippen LogP contribution >= 0.6 is 0 Å². The van der Waals surface area contributed by atoms with Crippen LogP contribution in [0.4, 0.5) is 4.79 Å². The van der Waals surface area contributed by atoms with Gasteiger partial charge in [-0.3, -0.25) is 0 Å². The van der Waals surface area contributed by atoms with Gasteiger partial charge in [-0.25, -0.2) is 13.2 Å². The molecule has 31 heavy (non-hydrogen) atoms. The average Bonchev–Trinajstić information content (AvgIpc) is 2.69. The fourth-order valence-corrected chi connectivity index (χ4v) is 5.33. The Bertz CT molecular complexity index is 839. The van der Waals surface area contributed by atoms with Gasteiger partial charge in [0.1, 0.15) is 11.4 Å². The van der Waals surface area contributed by atoms with Crippen molar-refractivity contribution in [3.63, 3.8) is 0 Å². The van der Waals surface area contributed by atoms with Crippen LogP contribution in [0.25, 0.3) is 0 Å². The second-order valence-corrected chi connectivity index (χ2v) is 12.3. The Morgan fingerprint density at radius 1 is 1.06 bits per heavy atom. The Kier molecular flexibility index (Phi) is 7.24. The van der Waals surface area contributed by atoms with Crippen LogP contribution in [-0.2, 0) is 14.6 Å². The van der Waals surface area contributed by atoms with E-state index in [1.807, 2.05) is 25.7 Å². The monoisotopic (exact) mass is 451 g/mol. The maximum atomic E-state index is 12.3. The van der Waals surface area contributed by atoms with Gasteiger partial charge in [0.25, 0.3) is 0 Å². The Balaban J connectivity index is 1.38. The van der Waals surface area contributed by atoms with Gasteiger partial charge in [-0.2, -0.15) is 0 Å². The summed E-state index contributed by atoms with van der Waals surface area (Å²) in [5, 5.41) is 0. The highest BCUT2D eigenvalue weighted by Crippen LogP contribution is 2.47. The molecule has 6 nitrogen and oxygen atoms in total. The molecule has 0 bridgehead atoms. The van der Waals surface area contributed by atoms with E-state index in [9.17, 15) is 13.2 Å². The van der Waals surface area contributed by atoms with Crippen LogP contribution in [0.5, 0.6) is 5.75 Å². The van der Waals surface area contributed by atoms with Gasteiger partial charge in [0.2, 0.25) is 0 Å². The number of ether oxygens (including phenoxy) is 2. The molecule has 2 aliphatic rings. The summed E-state index contributed by atoms with van der Waals surface area (Å²) in [6.45, 7) is 7.98. The van der Waals surface area contributed by atoms with Gasteiger partial charge in [0.15, 0.2) is 9.84 Å². The lowest BCUT2D eigenvalue weighted by Crippen LogP contribution is -2.46.